The van der Waals surface area contributed by atoms with Gasteiger partial charge in [-0.1, -0.05) is 6.07 Å². The van der Waals surface area contributed by atoms with Crippen LogP contribution in [0.25, 0.3) is 11.0 Å². The first-order valence-corrected chi connectivity index (χ1v) is 5.70. The summed E-state index contributed by atoms with van der Waals surface area (Å²) in [6, 6.07) is 6.09. The molecule has 0 aliphatic rings. The number of hydrogen-bond acceptors (Lipinski definition) is 4. The van der Waals surface area contributed by atoms with E-state index in [4.69, 9.17) is 5.73 Å². The van der Waals surface area contributed by atoms with Crippen LogP contribution >= 0.6 is 0 Å². The molecule has 0 saturated heterocycles. The lowest BCUT2D eigenvalue weighted by Gasteiger charge is -2.03. The first kappa shape index (κ1) is 10.8. The number of aryl methyl sites for hydroxylation is 2. The average molecular weight is 242 g/mol. The van der Waals surface area contributed by atoms with Gasteiger partial charge in [0.15, 0.2) is 5.82 Å². The summed E-state index contributed by atoms with van der Waals surface area (Å²) >= 11 is 0. The Kier molecular flexibility index (Phi) is 2.29. The van der Waals surface area contributed by atoms with E-state index >= 15 is 0 Å². The Morgan fingerprint density at radius 3 is 2.89 bits per heavy atom. The van der Waals surface area contributed by atoms with Gasteiger partial charge in [-0.05, 0) is 24.6 Å². The maximum absolute atomic E-state index is 5.95. The molecule has 0 aliphatic heterocycles. The van der Waals surface area contributed by atoms with E-state index in [1.54, 1.807) is 11.0 Å². The number of rotatable bonds is 2. The summed E-state index contributed by atoms with van der Waals surface area (Å²) < 4.78 is 3.60. The lowest BCUT2D eigenvalue weighted by Crippen LogP contribution is -2.06. The molecule has 0 fully saturated rings. The van der Waals surface area contributed by atoms with Crippen molar-refractivity contribution in [2.75, 3.05) is 5.73 Å². The second-order valence-corrected chi connectivity index (χ2v) is 4.38. The lowest BCUT2D eigenvalue weighted by molar-refractivity contribution is 0.715. The van der Waals surface area contributed by atoms with Crippen molar-refractivity contribution in [3.63, 3.8) is 0 Å². The maximum Gasteiger partial charge on any atom is 0.201 e. The summed E-state index contributed by atoms with van der Waals surface area (Å²) in [5, 5.41) is 4.25. The van der Waals surface area contributed by atoms with Crippen molar-refractivity contribution in [2.45, 2.75) is 13.5 Å². The SMILES string of the molecule is Cc1ccc2c(c1)nc(N)n2Cc1ncn(C)n1. The second-order valence-electron chi connectivity index (χ2n) is 4.38. The van der Waals surface area contributed by atoms with E-state index in [1.807, 2.05) is 36.7 Å². The van der Waals surface area contributed by atoms with Gasteiger partial charge in [-0.2, -0.15) is 5.10 Å². The van der Waals surface area contributed by atoms with E-state index in [0.717, 1.165) is 16.9 Å². The molecule has 3 rings (SSSR count). The van der Waals surface area contributed by atoms with Crippen LogP contribution in [-0.4, -0.2) is 24.3 Å². The predicted octanol–water partition coefficient (Wildman–Crippen LogP) is 1.10. The van der Waals surface area contributed by atoms with Gasteiger partial charge < -0.3 is 10.3 Å². The number of anilines is 1. The van der Waals surface area contributed by atoms with Crippen LogP contribution in [0.4, 0.5) is 5.95 Å². The van der Waals surface area contributed by atoms with Crippen LogP contribution in [0.15, 0.2) is 24.5 Å². The summed E-state index contributed by atoms with van der Waals surface area (Å²) in [7, 11) is 1.84. The number of fused-ring (bicyclic) bond motifs is 1. The highest BCUT2D eigenvalue weighted by atomic mass is 15.3. The van der Waals surface area contributed by atoms with Crippen LogP contribution in [-0.2, 0) is 13.6 Å². The standard InChI is InChI=1S/C12H14N6/c1-8-3-4-10-9(5-8)15-12(13)18(10)6-11-14-7-17(2)16-11/h3-5,7H,6H2,1-2H3,(H2,13,15). The molecule has 1 aromatic carbocycles. The summed E-state index contributed by atoms with van der Waals surface area (Å²) in [5.74, 6) is 1.21. The zero-order valence-corrected chi connectivity index (χ0v) is 10.3. The summed E-state index contributed by atoms with van der Waals surface area (Å²) in [5.41, 5.74) is 9.03. The van der Waals surface area contributed by atoms with E-state index in [9.17, 15) is 0 Å². The van der Waals surface area contributed by atoms with Crippen molar-refractivity contribution in [3.8, 4) is 0 Å². The highest BCUT2D eigenvalue weighted by molar-refractivity contribution is 5.79. The minimum absolute atomic E-state index is 0.489. The molecular weight excluding hydrogens is 228 g/mol. The van der Waals surface area contributed by atoms with Crippen molar-refractivity contribution in [1.82, 2.24) is 24.3 Å². The Balaban J connectivity index is 2.08. The molecule has 2 N–H and O–H groups in total. The first-order chi connectivity index (χ1) is 8.63. The quantitative estimate of drug-likeness (QED) is 0.730. The fourth-order valence-electron chi connectivity index (χ4n) is 2.02. The molecule has 0 amide bonds. The van der Waals surface area contributed by atoms with Gasteiger partial charge in [-0.25, -0.2) is 9.97 Å². The van der Waals surface area contributed by atoms with Crippen LogP contribution in [0.5, 0.6) is 0 Å². The van der Waals surface area contributed by atoms with Crippen molar-refractivity contribution >= 4 is 17.0 Å². The maximum atomic E-state index is 5.95. The molecule has 0 bridgehead atoms. The molecule has 0 atom stereocenters. The Bertz CT molecular complexity index is 709. The van der Waals surface area contributed by atoms with Gasteiger partial charge in [-0.15, -0.1) is 0 Å². The first-order valence-electron chi connectivity index (χ1n) is 5.70. The van der Waals surface area contributed by atoms with Crippen LogP contribution < -0.4 is 5.73 Å². The summed E-state index contributed by atoms with van der Waals surface area (Å²) in [4.78, 5) is 8.56. The normalized spacial score (nSPS) is 11.2. The lowest BCUT2D eigenvalue weighted by atomic mass is 10.2. The average Bonchev–Trinajstić information content (AvgIpc) is 2.84. The number of imidazole rings is 1. The minimum atomic E-state index is 0.489. The third-order valence-corrected chi connectivity index (χ3v) is 2.88. The second kappa shape index (κ2) is 3.83. The van der Waals surface area contributed by atoms with Crippen LogP contribution in [0.3, 0.4) is 0 Å². The van der Waals surface area contributed by atoms with E-state index in [-0.39, 0.29) is 0 Å². The minimum Gasteiger partial charge on any atom is -0.369 e. The van der Waals surface area contributed by atoms with Gasteiger partial charge in [0.25, 0.3) is 0 Å². The molecule has 18 heavy (non-hydrogen) atoms. The molecule has 3 aromatic rings. The molecule has 2 aromatic heterocycles. The molecule has 0 radical (unpaired) electrons. The summed E-state index contributed by atoms with van der Waals surface area (Å²) in [6.45, 7) is 2.57. The molecule has 6 heteroatoms. The predicted molar refractivity (Wildman–Crippen MR) is 69.0 cm³/mol. The number of nitrogen functional groups attached to an aromatic ring is 1. The van der Waals surface area contributed by atoms with Gasteiger partial charge in [0.1, 0.15) is 6.33 Å². The zero-order chi connectivity index (χ0) is 12.7. The fourth-order valence-corrected chi connectivity index (χ4v) is 2.02. The number of hydrogen-bond donors (Lipinski definition) is 1. The Morgan fingerprint density at radius 2 is 2.17 bits per heavy atom. The van der Waals surface area contributed by atoms with E-state index in [1.165, 1.54) is 5.56 Å². The third kappa shape index (κ3) is 1.71. The van der Waals surface area contributed by atoms with E-state index in [2.05, 4.69) is 15.1 Å². The number of nitrogens with zero attached hydrogens (tertiary/aromatic N) is 5. The summed E-state index contributed by atoms with van der Waals surface area (Å²) in [6.07, 6.45) is 1.68. The third-order valence-electron chi connectivity index (χ3n) is 2.88. The Morgan fingerprint density at radius 1 is 1.33 bits per heavy atom. The van der Waals surface area contributed by atoms with Gasteiger partial charge in [0, 0.05) is 7.05 Å². The molecule has 0 spiro atoms. The Hall–Kier alpha value is -2.37. The van der Waals surface area contributed by atoms with Gasteiger partial charge >= 0.3 is 0 Å². The fraction of sp³-hybridized carbons (Fsp3) is 0.250. The molecule has 92 valence electrons. The number of aromatic nitrogens is 5. The van der Waals surface area contributed by atoms with Gasteiger partial charge in [0.2, 0.25) is 5.95 Å². The van der Waals surface area contributed by atoms with Gasteiger partial charge in [-0.3, -0.25) is 4.68 Å². The monoisotopic (exact) mass is 242 g/mol. The molecule has 0 unspecified atom stereocenters. The van der Waals surface area contributed by atoms with Crippen molar-refractivity contribution in [2.24, 2.45) is 7.05 Å². The van der Waals surface area contributed by atoms with Crippen molar-refractivity contribution < 1.29 is 0 Å². The largest absolute Gasteiger partial charge is 0.369 e. The van der Waals surface area contributed by atoms with Crippen LogP contribution in [0, 0.1) is 6.92 Å². The van der Waals surface area contributed by atoms with Gasteiger partial charge in [0.05, 0.1) is 17.6 Å². The molecule has 6 nitrogen and oxygen atoms in total. The number of benzene rings is 1. The highest BCUT2D eigenvalue weighted by Gasteiger charge is 2.10. The highest BCUT2D eigenvalue weighted by Crippen LogP contribution is 2.19. The molecular formula is C12H14N6. The molecule has 0 aliphatic carbocycles. The smallest absolute Gasteiger partial charge is 0.201 e. The molecule has 0 saturated carbocycles. The zero-order valence-electron chi connectivity index (χ0n) is 10.3. The van der Waals surface area contributed by atoms with E-state index < -0.39 is 0 Å². The topological polar surface area (TPSA) is 74.5 Å². The van der Waals surface area contributed by atoms with Crippen molar-refractivity contribution in [1.29, 1.82) is 0 Å². The van der Waals surface area contributed by atoms with E-state index in [0.29, 0.717) is 12.5 Å². The van der Waals surface area contributed by atoms with Crippen molar-refractivity contribution in [3.05, 3.63) is 35.9 Å². The Labute approximate surface area is 104 Å². The molecule has 2 heterocycles. The van der Waals surface area contributed by atoms with Crippen LogP contribution in [0.1, 0.15) is 11.4 Å². The van der Waals surface area contributed by atoms with Crippen LogP contribution in [0.2, 0.25) is 0 Å². The number of nitrogens with two attached hydrogens (primary N) is 1.